The van der Waals surface area contributed by atoms with Crippen molar-refractivity contribution in [3.05, 3.63) is 58.4 Å². The van der Waals surface area contributed by atoms with Crippen LogP contribution in [0.3, 0.4) is 0 Å². The number of pyridine rings is 1. The number of halogens is 1. The summed E-state index contributed by atoms with van der Waals surface area (Å²) in [7, 11) is 1.65. The second-order valence-electron chi connectivity index (χ2n) is 4.66. The third-order valence-electron chi connectivity index (χ3n) is 3.23. The van der Waals surface area contributed by atoms with Crippen molar-refractivity contribution in [3.8, 4) is 5.75 Å². The van der Waals surface area contributed by atoms with E-state index in [0.29, 0.717) is 0 Å². The lowest BCUT2D eigenvalue weighted by molar-refractivity contribution is 0.411. The van der Waals surface area contributed by atoms with Gasteiger partial charge in [0.05, 0.1) is 19.3 Å². The summed E-state index contributed by atoms with van der Waals surface area (Å²) in [6.45, 7) is 4.96. The highest BCUT2D eigenvalue weighted by Gasteiger charge is 2.15. The predicted octanol–water partition coefficient (Wildman–Crippen LogP) is 3.75. The van der Waals surface area contributed by atoms with E-state index < -0.39 is 0 Å². The average Bonchev–Trinajstić information content (AvgIpc) is 2.48. The lowest BCUT2D eigenvalue weighted by Crippen LogP contribution is -2.22. The van der Waals surface area contributed by atoms with Gasteiger partial charge in [0.15, 0.2) is 0 Å². The molecule has 0 fully saturated rings. The lowest BCUT2D eigenvalue weighted by Gasteiger charge is -2.20. The fourth-order valence-corrected chi connectivity index (χ4v) is 2.30. The molecule has 0 amide bonds. The van der Waals surface area contributed by atoms with Crippen molar-refractivity contribution in [3.63, 3.8) is 0 Å². The van der Waals surface area contributed by atoms with Crippen LogP contribution in [0.15, 0.2) is 36.7 Å². The number of ether oxygens (including phenoxy) is 1. The molecule has 2 rings (SSSR count). The van der Waals surface area contributed by atoms with E-state index in [2.05, 4.69) is 23.3 Å². The highest BCUT2D eigenvalue weighted by Crippen LogP contribution is 2.27. The van der Waals surface area contributed by atoms with Crippen LogP contribution in [0.4, 0.5) is 0 Å². The fraction of sp³-hybridized carbons (Fsp3) is 0.312. The highest BCUT2D eigenvalue weighted by atomic mass is 35.5. The zero-order valence-electron chi connectivity index (χ0n) is 12.0. The maximum atomic E-state index is 6.10. The molecule has 2 aromatic rings. The summed E-state index contributed by atoms with van der Waals surface area (Å²) >= 11 is 6.10. The van der Waals surface area contributed by atoms with Gasteiger partial charge in [0.25, 0.3) is 0 Å². The number of hydrogen-bond donors (Lipinski definition) is 1. The van der Waals surface area contributed by atoms with Crippen LogP contribution in [0.2, 0.25) is 5.02 Å². The zero-order valence-corrected chi connectivity index (χ0v) is 12.7. The van der Waals surface area contributed by atoms with Crippen molar-refractivity contribution < 1.29 is 4.74 Å². The van der Waals surface area contributed by atoms with Crippen molar-refractivity contribution in [2.75, 3.05) is 13.7 Å². The fourth-order valence-electron chi connectivity index (χ4n) is 2.18. The number of nitrogens with one attached hydrogen (secondary N) is 1. The van der Waals surface area contributed by atoms with E-state index in [0.717, 1.165) is 28.4 Å². The summed E-state index contributed by atoms with van der Waals surface area (Å²) in [6, 6.07) is 8.17. The molecule has 0 aliphatic carbocycles. The first-order chi connectivity index (χ1) is 9.65. The summed E-state index contributed by atoms with van der Waals surface area (Å²) in [6.07, 6.45) is 3.57. The molecular formula is C16H19ClN2O. The number of rotatable bonds is 5. The van der Waals surface area contributed by atoms with Crippen LogP contribution in [0.1, 0.15) is 29.7 Å². The minimum Gasteiger partial charge on any atom is -0.495 e. The van der Waals surface area contributed by atoms with Gasteiger partial charge in [-0.1, -0.05) is 30.7 Å². The van der Waals surface area contributed by atoms with Crippen molar-refractivity contribution in [1.29, 1.82) is 0 Å². The Morgan fingerprint density at radius 3 is 2.70 bits per heavy atom. The van der Waals surface area contributed by atoms with Crippen molar-refractivity contribution in [2.45, 2.75) is 19.9 Å². The molecule has 3 nitrogen and oxygen atoms in total. The van der Waals surface area contributed by atoms with E-state index >= 15 is 0 Å². The third kappa shape index (κ3) is 3.30. The minimum absolute atomic E-state index is 0.0820. The molecule has 1 atom stereocenters. The molecule has 1 N–H and O–H groups in total. The third-order valence-corrected chi connectivity index (χ3v) is 3.65. The minimum atomic E-state index is 0.0820. The van der Waals surface area contributed by atoms with Gasteiger partial charge in [0.2, 0.25) is 0 Å². The van der Waals surface area contributed by atoms with Crippen molar-refractivity contribution in [1.82, 2.24) is 10.3 Å². The molecule has 4 heteroatoms. The van der Waals surface area contributed by atoms with E-state index in [1.54, 1.807) is 13.3 Å². The van der Waals surface area contributed by atoms with Gasteiger partial charge in [-0.2, -0.15) is 0 Å². The molecule has 1 unspecified atom stereocenters. The second kappa shape index (κ2) is 6.73. The quantitative estimate of drug-likeness (QED) is 0.910. The first-order valence-corrected chi connectivity index (χ1v) is 7.02. The summed E-state index contributed by atoms with van der Waals surface area (Å²) in [5.41, 5.74) is 3.32. The van der Waals surface area contributed by atoms with E-state index in [9.17, 15) is 0 Å². The van der Waals surface area contributed by atoms with Gasteiger partial charge in [-0.05, 0) is 42.3 Å². The van der Waals surface area contributed by atoms with E-state index in [-0.39, 0.29) is 6.04 Å². The maximum absolute atomic E-state index is 6.10. The Labute approximate surface area is 124 Å². The van der Waals surface area contributed by atoms with Gasteiger partial charge < -0.3 is 10.1 Å². The van der Waals surface area contributed by atoms with Crippen LogP contribution < -0.4 is 10.1 Å². The molecule has 0 radical (unpaired) electrons. The summed E-state index contributed by atoms with van der Waals surface area (Å²) in [5.74, 6) is 0.760. The smallest absolute Gasteiger partial charge is 0.137 e. The van der Waals surface area contributed by atoms with Crippen LogP contribution in [-0.2, 0) is 0 Å². The molecular weight excluding hydrogens is 272 g/mol. The highest BCUT2D eigenvalue weighted by molar-refractivity contribution is 6.31. The van der Waals surface area contributed by atoms with Crippen LogP contribution in [0.25, 0.3) is 0 Å². The van der Waals surface area contributed by atoms with E-state index in [1.807, 2.05) is 31.3 Å². The first-order valence-electron chi connectivity index (χ1n) is 6.64. The Morgan fingerprint density at radius 1 is 1.25 bits per heavy atom. The summed E-state index contributed by atoms with van der Waals surface area (Å²) in [5, 5.41) is 4.26. The number of hydrogen-bond acceptors (Lipinski definition) is 3. The van der Waals surface area contributed by atoms with Gasteiger partial charge in [-0.15, -0.1) is 0 Å². The van der Waals surface area contributed by atoms with Crippen LogP contribution in [0.5, 0.6) is 5.75 Å². The van der Waals surface area contributed by atoms with Gasteiger partial charge in [0, 0.05) is 11.2 Å². The molecule has 1 aromatic carbocycles. The lowest BCUT2D eigenvalue weighted by atomic mass is 9.98. The van der Waals surface area contributed by atoms with E-state index in [1.165, 1.54) is 5.56 Å². The number of nitrogens with zero attached hydrogens (tertiary/aromatic N) is 1. The predicted molar refractivity (Wildman–Crippen MR) is 82.5 cm³/mol. The molecule has 0 aliphatic rings. The topological polar surface area (TPSA) is 34.2 Å². The van der Waals surface area contributed by atoms with Crippen LogP contribution in [-0.4, -0.2) is 18.6 Å². The monoisotopic (exact) mass is 290 g/mol. The zero-order chi connectivity index (χ0) is 14.5. The Morgan fingerprint density at radius 2 is 2.05 bits per heavy atom. The normalized spacial score (nSPS) is 12.2. The Hall–Kier alpha value is -1.58. The van der Waals surface area contributed by atoms with Gasteiger partial charge in [0.1, 0.15) is 5.75 Å². The molecule has 0 bridgehead atoms. The standard InChI is InChI=1S/C16H19ClN2O/c1-4-19-16(12-5-6-15(17)11(2)7-12)13-8-14(20-3)10-18-9-13/h5-10,16,19H,4H2,1-3H3. The summed E-state index contributed by atoms with van der Waals surface area (Å²) in [4.78, 5) is 4.23. The number of methoxy groups -OCH3 is 1. The Bertz CT molecular complexity index is 586. The molecule has 0 saturated carbocycles. The second-order valence-corrected chi connectivity index (χ2v) is 5.06. The molecule has 106 valence electrons. The molecule has 1 aromatic heterocycles. The molecule has 0 aliphatic heterocycles. The van der Waals surface area contributed by atoms with Crippen molar-refractivity contribution >= 4 is 11.6 Å². The van der Waals surface area contributed by atoms with E-state index in [4.69, 9.17) is 16.3 Å². The van der Waals surface area contributed by atoms with Crippen LogP contribution >= 0.6 is 11.6 Å². The largest absolute Gasteiger partial charge is 0.495 e. The molecule has 0 saturated heterocycles. The van der Waals surface area contributed by atoms with Gasteiger partial charge >= 0.3 is 0 Å². The summed E-state index contributed by atoms with van der Waals surface area (Å²) < 4.78 is 5.25. The van der Waals surface area contributed by atoms with Crippen molar-refractivity contribution in [2.24, 2.45) is 0 Å². The average molecular weight is 291 g/mol. The number of aromatic nitrogens is 1. The van der Waals surface area contributed by atoms with Gasteiger partial charge in [-0.25, -0.2) is 0 Å². The van der Waals surface area contributed by atoms with Gasteiger partial charge in [-0.3, -0.25) is 4.98 Å². The SMILES string of the molecule is CCNC(c1cncc(OC)c1)c1ccc(Cl)c(C)c1. The maximum Gasteiger partial charge on any atom is 0.137 e. The Kier molecular flexibility index (Phi) is 4.99. The number of benzene rings is 1. The molecule has 0 spiro atoms. The molecule has 1 heterocycles. The molecule has 20 heavy (non-hydrogen) atoms. The van der Waals surface area contributed by atoms with Crippen LogP contribution in [0, 0.1) is 6.92 Å². The Balaban J connectivity index is 2.41. The first kappa shape index (κ1) is 14.8. The number of aryl methyl sites for hydroxylation is 1.